The molecule has 0 aliphatic carbocycles. The van der Waals surface area contributed by atoms with Gasteiger partial charge in [0.15, 0.2) is 0 Å². The fraction of sp³-hybridized carbons (Fsp3) is 0.538. The highest BCUT2D eigenvalue weighted by Gasteiger charge is 2.32. The van der Waals surface area contributed by atoms with Crippen molar-refractivity contribution in [2.45, 2.75) is 31.2 Å². The number of halogens is 1. The Morgan fingerprint density at radius 3 is 2.74 bits per heavy atom. The van der Waals surface area contributed by atoms with Crippen molar-refractivity contribution in [2.75, 3.05) is 13.1 Å². The molecule has 1 saturated heterocycles. The third-order valence-electron chi connectivity index (χ3n) is 3.77. The predicted molar refractivity (Wildman–Crippen MR) is 76.7 cm³/mol. The highest BCUT2D eigenvalue weighted by Crippen LogP contribution is 2.28. The molecule has 1 aromatic carbocycles. The molecule has 0 aromatic heterocycles. The number of hydrogen-bond acceptors (Lipinski definition) is 3. The van der Waals surface area contributed by atoms with Gasteiger partial charge in [-0.25, -0.2) is 8.42 Å². The van der Waals surface area contributed by atoms with Crippen LogP contribution in [-0.4, -0.2) is 31.9 Å². The van der Waals surface area contributed by atoms with Crippen LogP contribution in [-0.2, 0) is 10.0 Å². The third kappa shape index (κ3) is 2.79. The molecular formula is C13H19ClN2O2S. The Kier molecular flexibility index (Phi) is 4.20. The maximum atomic E-state index is 12.6. The zero-order chi connectivity index (χ0) is 14.2. The second kappa shape index (κ2) is 5.40. The summed E-state index contributed by atoms with van der Waals surface area (Å²) in [5, 5.41) is 0.475. The lowest BCUT2D eigenvalue weighted by Crippen LogP contribution is -2.48. The van der Waals surface area contributed by atoms with Crippen molar-refractivity contribution in [2.24, 2.45) is 11.7 Å². The molecule has 0 spiro atoms. The zero-order valence-corrected chi connectivity index (χ0v) is 12.7. The second-order valence-electron chi connectivity index (χ2n) is 5.16. The molecule has 1 aliphatic rings. The van der Waals surface area contributed by atoms with E-state index in [-0.39, 0.29) is 12.0 Å². The highest BCUT2D eigenvalue weighted by molar-refractivity contribution is 7.89. The quantitative estimate of drug-likeness (QED) is 0.909. The van der Waals surface area contributed by atoms with E-state index >= 15 is 0 Å². The maximum absolute atomic E-state index is 12.6. The van der Waals surface area contributed by atoms with Gasteiger partial charge in [0.05, 0.1) is 4.90 Å². The molecule has 1 aromatic rings. The molecule has 19 heavy (non-hydrogen) atoms. The van der Waals surface area contributed by atoms with Crippen molar-refractivity contribution in [1.82, 2.24) is 4.31 Å². The van der Waals surface area contributed by atoms with Gasteiger partial charge in [-0.1, -0.05) is 24.6 Å². The number of nitrogens with two attached hydrogens (primary N) is 1. The lowest BCUT2D eigenvalue weighted by atomic mass is 9.96. The molecule has 6 heteroatoms. The van der Waals surface area contributed by atoms with Crippen molar-refractivity contribution < 1.29 is 8.42 Å². The van der Waals surface area contributed by atoms with Gasteiger partial charge in [0.25, 0.3) is 0 Å². The molecule has 1 fully saturated rings. The molecule has 2 unspecified atom stereocenters. The van der Waals surface area contributed by atoms with Gasteiger partial charge in [-0.15, -0.1) is 0 Å². The molecule has 4 nitrogen and oxygen atoms in total. The minimum atomic E-state index is -3.48. The van der Waals surface area contributed by atoms with E-state index in [1.165, 1.54) is 4.31 Å². The van der Waals surface area contributed by atoms with Crippen LogP contribution in [0, 0.1) is 12.8 Å². The van der Waals surface area contributed by atoms with Crippen LogP contribution in [0.5, 0.6) is 0 Å². The molecule has 0 saturated carbocycles. The molecular weight excluding hydrogens is 284 g/mol. The summed E-state index contributed by atoms with van der Waals surface area (Å²) in [4.78, 5) is 0.294. The summed E-state index contributed by atoms with van der Waals surface area (Å²) in [5.74, 6) is 0.169. The molecule has 2 N–H and O–H groups in total. The summed E-state index contributed by atoms with van der Waals surface area (Å²) in [5.41, 5.74) is 6.54. The van der Waals surface area contributed by atoms with E-state index < -0.39 is 10.0 Å². The van der Waals surface area contributed by atoms with Gasteiger partial charge < -0.3 is 5.73 Å². The van der Waals surface area contributed by atoms with Gasteiger partial charge >= 0.3 is 0 Å². The Bertz CT molecular complexity index is 574. The Morgan fingerprint density at radius 1 is 1.42 bits per heavy atom. The van der Waals surface area contributed by atoms with Crippen molar-refractivity contribution in [1.29, 1.82) is 0 Å². The Labute approximate surface area is 119 Å². The van der Waals surface area contributed by atoms with E-state index in [9.17, 15) is 8.42 Å². The number of hydrogen-bond donors (Lipinski definition) is 1. The zero-order valence-electron chi connectivity index (χ0n) is 11.1. The van der Waals surface area contributed by atoms with E-state index in [1.807, 2.05) is 6.92 Å². The van der Waals surface area contributed by atoms with Crippen LogP contribution in [0.1, 0.15) is 18.9 Å². The Morgan fingerprint density at radius 2 is 2.11 bits per heavy atom. The van der Waals surface area contributed by atoms with Crippen molar-refractivity contribution in [3.8, 4) is 0 Å². The first-order valence-electron chi connectivity index (χ1n) is 6.35. The molecule has 0 amide bonds. The lowest BCUT2D eigenvalue weighted by Gasteiger charge is -2.34. The smallest absolute Gasteiger partial charge is 0.243 e. The van der Waals surface area contributed by atoms with Crippen LogP contribution in [0.3, 0.4) is 0 Å². The summed E-state index contributed by atoms with van der Waals surface area (Å²) in [6.07, 6.45) is 0.694. The highest BCUT2D eigenvalue weighted by atomic mass is 35.5. The first-order chi connectivity index (χ1) is 8.84. The minimum Gasteiger partial charge on any atom is -0.327 e. The monoisotopic (exact) mass is 302 g/mol. The Hall–Kier alpha value is -0.620. The van der Waals surface area contributed by atoms with Crippen molar-refractivity contribution in [3.05, 3.63) is 28.8 Å². The topological polar surface area (TPSA) is 63.4 Å². The maximum Gasteiger partial charge on any atom is 0.243 e. The first kappa shape index (κ1) is 14.8. The van der Waals surface area contributed by atoms with E-state index in [0.29, 0.717) is 35.0 Å². The van der Waals surface area contributed by atoms with Crippen LogP contribution in [0.15, 0.2) is 23.1 Å². The van der Waals surface area contributed by atoms with Gasteiger partial charge in [-0.05, 0) is 37.0 Å². The average Bonchev–Trinajstić information content (AvgIpc) is 2.35. The molecule has 0 radical (unpaired) electrons. The SMILES string of the molecule is Cc1c(Cl)cccc1S(=O)(=O)N1CCC(N)C(C)C1. The second-order valence-corrected chi connectivity index (χ2v) is 7.47. The molecule has 2 atom stereocenters. The largest absolute Gasteiger partial charge is 0.327 e. The standard InChI is InChI=1S/C13H19ClN2O2S/c1-9-8-16(7-6-12(9)15)19(17,18)13-5-3-4-11(14)10(13)2/h3-5,9,12H,6-8,15H2,1-2H3. The lowest BCUT2D eigenvalue weighted by molar-refractivity contribution is 0.250. The fourth-order valence-corrected chi connectivity index (χ4v) is 4.38. The predicted octanol–water partition coefficient (Wildman–Crippen LogP) is 2.01. The van der Waals surface area contributed by atoms with Crippen molar-refractivity contribution in [3.63, 3.8) is 0 Å². The van der Waals surface area contributed by atoms with Gasteiger partial charge in [0, 0.05) is 24.2 Å². The minimum absolute atomic E-state index is 0.0758. The summed E-state index contributed by atoms with van der Waals surface area (Å²) < 4.78 is 26.8. The molecule has 1 heterocycles. The summed E-state index contributed by atoms with van der Waals surface area (Å²) >= 11 is 6.01. The average molecular weight is 303 g/mol. The fourth-order valence-electron chi connectivity index (χ4n) is 2.35. The number of nitrogens with zero attached hydrogens (tertiary/aromatic N) is 1. The number of sulfonamides is 1. The van der Waals surface area contributed by atoms with Gasteiger partial charge in [0.2, 0.25) is 10.0 Å². The normalized spacial score (nSPS) is 25.5. The number of rotatable bonds is 2. The third-order valence-corrected chi connectivity index (χ3v) is 6.19. The summed E-state index contributed by atoms with van der Waals surface area (Å²) in [6.45, 7) is 4.65. The summed E-state index contributed by atoms with van der Waals surface area (Å²) in [7, 11) is -3.48. The number of piperidine rings is 1. The van der Waals surface area contributed by atoms with Crippen LogP contribution >= 0.6 is 11.6 Å². The van der Waals surface area contributed by atoms with E-state index in [4.69, 9.17) is 17.3 Å². The van der Waals surface area contributed by atoms with Crippen LogP contribution in [0.4, 0.5) is 0 Å². The first-order valence-corrected chi connectivity index (χ1v) is 8.16. The van der Waals surface area contributed by atoms with Crippen LogP contribution in [0.25, 0.3) is 0 Å². The van der Waals surface area contributed by atoms with Crippen LogP contribution < -0.4 is 5.73 Å². The molecule has 1 aliphatic heterocycles. The number of benzene rings is 1. The molecule has 0 bridgehead atoms. The Balaban J connectivity index is 2.35. The van der Waals surface area contributed by atoms with Gasteiger partial charge in [-0.2, -0.15) is 4.31 Å². The van der Waals surface area contributed by atoms with Crippen LogP contribution in [0.2, 0.25) is 5.02 Å². The van der Waals surface area contributed by atoms with E-state index in [1.54, 1.807) is 25.1 Å². The van der Waals surface area contributed by atoms with Gasteiger partial charge in [-0.3, -0.25) is 0 Å². The summed E-state index contributed by atoms with van der Waals surface area (Å²) in [6, 6.07) is 5.05. The van der Waals surface area contributed by atoms with E-state index in [0.717, 1.165) is 0 Å². The molecule has 106 valence electrons. The van der Waals surface area contributed by atoms with Gasteiger partial charge in [0.1, 0.15) is 0 Å². The van der Waals surface area contributed by atoms with E-state index in [2.05, 4.69) is 0 Å². The molecule has 2 rings (SSSR count). The van der Waals surface area contributed by atoms with Crippen molar-refractivity contribution >= 4 is 21.6 Å².